The van der Waals surface area contributed by atoms with Crippen LogP contribution < -0.4 is 0 Å². The Kier molecular flexibility index (Phi) is 6.51. The number of rotatable bonds is 4. The Hall–Kier alpha value is -6.36. The first kappa shape index (κ1) is 26.5. The molecule has 2 N–H and O–H groups in total. The first-order chi connectivity index (χ1) is 21.5. The Morgan fingerprint density at radius 3 is 1.52 bits per heavy atom. The average Bonchev–Trinajstić information content (AvgIpc) is 3.08. The first-order valence-corrected chi connectivity index (χ1v) is 14.2. The molecule has 4 heteroatoms. The standard InChI is InChI=1S/C40H24N2O2/c41-23-25-11-14-34-29(17-25)13-16-37(43)38(34)39-35-15-12-26(24-42)18-32(35)22-36(40(39)44)33-20-30(27-7-3-1-4-8-27)19-31(21-33)28-9-5-2-6-10-28/h1-22,43-44H. The molecule has 7 aromatic rings. The summed E-state index contributed by atoms with van der Waals surface area (Å²) >= 11 is 0. The SMILES string of the molecule is N#Cc1ccc2c(-c3c(O)c(-c4cc(-c5ccccc5)cc(-c5ccccc5)c4)cc4cc(C#N)ccc34)c(O)ccc2c1. The molecular weight excluding hydrogens is 540 g/mol. The van der Waals surface area contributed by atoms with Crippen molar-refractivity contribution in [1.29, 1.82) is 10.5 Å². The van der Waals surface area contributed by atoms with Gasteiger partial charge in [-0.25, -0.2) is 0 Å². The van der Waals surface area contributed by atoms with Crippen molar-refractivity contribution in [2.24, 2.45) is 0 Å². The zero-order chi connectivity index (χ0) is 30.2. The fourth-order valence-electron chi connectivity index (χ4n) is 5.97. The minimum Gasteiger partial charge on any atom is -0.507 e. The highest BCUT2D eigenvalue weighted by Crippen LogP contribution is 2.49. The smallest absolute Gasteiger partial charge is 0.132 e. The lowest BCUT2D eigenvalue weighted by molar-refractivity contribution is 0.471. The maximum atomic E-state index is 12.2. The number of benzene rings is 7. The number of phenols is 2. The summed E-state index contributed by atoms with van der Waals surface area (Å²) in [6, 6.07) is 46.7. The third-order valence-electron chi connectivity index (χ3n) is 8.08. The van der Waals surface area contributed by atoms with Crippen LogP contribution in [0.3, 0.4) is 0 Å². The highest BCUT2D eigenvalue weighted by Gasteiger charge is 2.22. The number of nitriles is 2. The summed E-state index contributed by atoms with van der Waals surface area (Å²) in [7, 11) is 0. The lowest BCUT2D eigenvalue weighted by atomic mass is 9.86. The van der Waals surface area contributed by atoms with E-state index in [-0.39, 0.29) is 11.5 Å². The van der Waals surface area contributed by atoms with E-state index in [1.54, 1.807) is 42.5 Å². The molecule has 4 nitrogen and oxygen atoms in total. The van der Waals surface area contributed by atoms with Crippen LogP contribution in [0, 0.1) is 22.7 Å². The summed E-state index contributed by atoms with van der Waals surface area (Å²) in [5.41, 5.74) is 7.34. The largest absolute Gasteiger partial charge is 0.507 e. The van der Waals surface area contributed by atoms with Gasteiger partial charge in [0.2, 0.25) is 0 Å². The molecule has 0 fully saturated rings. The van der Waals surface area contributed by atoms with Crippen LogP contribution in [0.25, 0.3) is 66.1 Å². The van der Waals surface area contributed by atoms with Crippen LogP contribution in [0.15, 0.2) is 133 Å². The molecule has 44 heavy (non-hydrogen) atoms. The van der Waals surface area contributed by atoms with Crippen molar-refractivity contribution >= 4 is 21.5 Å². The van der Waals surface area contributed by atoms with E-state index in [0.29, 0.717) is 38.6 Å². The summed E-state index contributed by atoms with van der Waals surface area (Å²) in [5, 5.41) is 45.6. The molecule has 7 rings (SSSR count). The van der Waals surface area contributed by atoms with Gasteiger partial charge in [0.25, 0.3) is 0 Å². The number of hydrogen-bond donors (Lipinski definition) is 2. The number of aromatic hydroxyl groups is 2. The lowest BCUT2D eigenvalue weighted by Gasteiger charge is -2.19. The molecule has 0 bridgehead atoms. The molecule has 0 radical (unpaired) electrons. The molecule has 0 heterocycles. The van der Waals surface area contributed by atoms with Gasteiger partial charge in [-0.3, -0.25) is 0 Å². The van der Waals surface area contributed by atoms with E-state index in [1.807, 2.05) is 48.5 Å². The zero-order valence-corrected chi connectivity index (χ0v) is 23.5. The van der Waals surface area contributed by atoms with Gasteiger partial charge < -0.3 is 10.2 Å². The first-order valence-electron chi connectivity index (χ1n) is 14.2. The predicted molar refractivity (Wildman–Crippen MR) is 176 cm³/mol. The molecule has 7 aromatic carbocycles. The van der Waals surface area contributed by atoms with E-state index >= 15 is 0 Å². The van der Waals surface area contributed by atoms with Crippen LogP contribution in [0.4, 0.5) is 0 Å². The van der Waals surface area contributed by atoms with Gasteiger partial charge >= 0.3 is 0 Å². The number of nitrogens with zero attached hydrogens (tertiary/aromatic N) is 2. The Labute approximate surface area is 254 Å². The summed E-state index contributed by atoms with van der Waals surface area (Å²) in [6.07, 6.45) is 0. The summed E-state index contributed by atoms with van der Waals surface area (Å²) in [6.45, 7) is 0. The van der Waals surface area contributed by atoms with Gasteiger partial charge in [0, 0.05) is 16.7 Å². The molecule has 0 aromatic heterocycles. The van der Waals surface area contributed by atoms with Crippen LogP contribution in [0.5, 0.6) is 11.5 Å². The van der Waals surface area contributed by atoms with Crippen molar-refractivity contribution in [2.75, 3.05) is 0 Å². The van der Waals surface area contributed by atoms with E-state index < -0.39 is 0 Å². The molecular formula is C40H24N2O2. The van der Waals surface area contributed by atoms with Gasteiger partial charge in [0.15, 0.2) is 0 Å². The maximum Gasteiger partial charge on any atom is 0.132 e. The van der Waals surface area contributed by atoms with Gasteiger partial charge in [-0.2, -0.15) is 10.5 Å². The number of phenolic OH excluding ortho intramolecular Hbond substituents is 2. The average molecular weight is 565 g/mol. The van der Waals surface area contributed by atoms with Crippen molar-refractivity contribution in [3.8, 4) is 68.1 Å². The molecule has 0 saturated heterocycles. The minimum atomic E-state index is 0.00308. The molecule has 0 aliphatic rings. The molecule has 0 unspecified atom stereocenters. The second-order valence-electron chi connectivity index (χ2n) is 10.7. The van der Waals surface area contributed by atoms with E-state index in [2.05, 4.69) is 54.6 Å². The number of hydrogen-bond acceptors (Lipinski definition) is 4. The normalized spacial score (nSPS) is 10.9. The fourth-order valence-corrected chi connectivity index (χ4v) is 5.97. The summed E-state index contributed by atoms with van der Waals surface area (Å²) < 4.78 is 0. The minimum absolute atomic E-state index is 0.00308. The van der Waals surface area contributed by atoms with Crippen molar-refractivity contribution < 1.29 is 10.2 Å². The van der Waals surface area contributed by atoms with Crippen molar-refractivity contribution in [1.82, 2.24) is 0 Å². The molecule has 0 amide bonds. The highest BCUT2D eigenvalue weighted by atomic mass is 16.3. The van der Waals surface area contributed by atoms with Gasteiger partial charge in [-0.15, -0.1) is 0 Å². The maximum absolute atomic E-state index is 12.2. The molecule has 0 saturated carbocycles. The van der Waals surface area contributed by atoms with E-state index in [4.69, 9.17) is 0 Å². The second kappa shape index (κ2) is 10.8. The molecule has 206 valence electrons. The van der Waals surface area contributed by atoms with Crippen LogP contribution >= 0.6 is 0 Å². The van der Waals surface area contributed by atoms with Crippen LogP contribution in [-0.2, 0) is 0 Å². The van der Waals surface area contributed by atoms with Gasteiger partial charge in [0.1, 0.15) is 11.5 Å². The van der Waals surface area contributed by atoms with Crippen molar-refractivity contribution in [3.05, 3.63) is 145 Å². The van der Waals surface area contributed by atoms with E-state index in [0.717, 1.165) is 38.6 Å². The zero-order valence-electron chi connectivity index (χ0n) is 23.5. The quantitative estimate of drug-likeness (QED) is 0.223. The predicted octanol–water partition coefficient (Wildman–Crippen LogP) is 9.82. The lowest BCUT2D eigenvalue weighted by Crippen LogP contribution is -1.92. The molecule has 0 aliphatic heterocycles. The molecule has 0 aliphatic carbocycles. The summed E-state index contributed by atoms with van der Waals surface area (Å²) in [4.78, 5) is 0. The highest BCUT2D eigenvalue weighted by molar-refractivity contribution is 6.12. The fraction of sp³-hybridized carbons (Fsp3) is 0. The monoisotopic (exact) mass is 564 g/mol. The number of fused-ring (bicyclic) bond motifs is 2. The van der Waals surface area contributed by atoms with Crippen LogP contribution in [0.2, 0.25) is 0 Å². The van der Waals surface area contributed by atoms with Gasteiger partial charge in [-0.1, -0.05) is 78.9 Å². The third-order valence-corrected chi connectivity index (χ3v) is 8.08. The van der Waals surface area contributed by atoms with Crippen molar-refractivity contribution in [2.45, 2.75) is 0 Å². The topological polar surface area (TPSA) is 88.0 Å². The van der Waals surface area contributed by atoms with E-state index in [9.17, 15) is 20.7 Å². The Bertz CT molecular complexity index is 2250. The Morgan fingerprint density at radius 2 is 0.955 bits per heavy atom. The second-order valence-corrected chi connectivity index (χ2v) is 10.7. The molecule has 0 spiro atoms. The van der Waals surface area contributed by atoms with E-state index in [1.165, 1.54) is 0 Å². The van der Waals surface area contributed by atoms with Crippen molar-refractivity contribution in [3.63, 3.8) is 0 Å². The molecule has 0 atom stereocenters. The van der Waals surface area contributed by atoms with Crippen LogP contribution in [-0.4, -0.2) is 10.2 Å². The van der Waals surface area contributed by atoms with Crippen LogP contribution in [0.1, 0.15) is 11.1 Å². The Balaban J connectivity index is 1.58. The third kappa shape index (κ3) is 4.58. The summed E-state index contributed by atoms with van der Waals surface area (Å²) in [5.74, 6) is 0.0157. The van der Waals surface area contributed by atoms with Gasteiger partial charge in [0.05, 0.1) is 23.3 Å². The van der Waals surface area contributed by atoms with Gasteiger partial charge in [-0.05, 0) is 104 Å². The Morgan fingerprint density at radius 1 is 0.432 bits per heavy atom.